The van der Waals surface area contributed by atoms with E-state index in [2.05, 4.69) is 20.6 Å². The third-order valence-electron chi connectivity index (χ3n) is 3.55. The molecule has 2 rings (SSSR count). The second-order valence-corrected chi connectivity index (χ2v) is 5.66. The minimum absolute atomic E-state index is 0.213. The molecule has 0 fully saturated rings. The lowest BCUT2D eigenvalue weighted by Gasteiger charge is -2.09. The first kappa shape index (κ1) is 21.4. The van der Waals surface area contributed by atoms with Crippen molar-refractivity contribution in [3.63, 3.8) is 0 Å². The van der Waals surface area contributed by atoms with Crippen LogP contribution in [0.25, 0.3) is 0 Å². The number of hydrazone groups is 1. The molecule has 0 aliphatic rings. The standard InChI is InChI=1S/C20H21N3O6/c1-27-17-9-4-3-8-16(17)22-18(24)11-19(25)23-21-12-14-6-5-7-15(10-14)29-13-20(26)28-2/h3-10,12H,11,13H2,1-2H3,(H,22,24)(H,23,25). The number of carbonyl (C=O) groups is 3. The van der Waals surface area contributed by atoms with Crippen molar-refractivity contribution >= 4 is 29.7 Å². The van der Waals surface area contributed by atoms with Crippen molar-refractivity contribution in [1.82, 2.24) is 5.43 Å². The number of hydrogen-bond donors (Lipinski definition) is 2. The Morgan fingerprint density at radius 1 is 1.03 bits per heavy atom. The zero-order valence-electron chi connectivity index (χ0n) is 16.0. The van der Waals surface area contributed by atoms with E-state index in [1.165, 1.54) is 20.4 Å². The van der Waals surface area contributed by atoms with Gasteiger partial charge in [0, 0.05) is 0 Å². The number of rotatable bonds is 9. The summed E-state index contributed by atoms with van der Waals surface area (Å²) in [6.07, 6.45) is 0.985. The van der Waals surface area contributed by atoms with E-state index < -0.39 is 24.2 Å². The van der Waals surface area contributed by atoms with Crippen molar-refractivity contribution in [2.75, 3.05) is 26.1 Å². The van der Waals surface area contributed by atoms with Gasteiger partial charge in [0.2, 0.25) is 11.8 Å². The molecule has 2 N–H and O–H groups in total. The number of nitrogens with zero attached hydrogens (tertiary/aromatic N) is 1. The number of para-hydroxylation sites is 2. The Kier molecular flexibility index (Phi) is 8.18. The van der Waals surface area contributed by atoms with Crippen LogP contribution >= 0.6 is 0 Å². The minimum atomic E-state index is -0.577. The molecule has 0 aromatic heterocycles. The van der Waals surface area contributed by atoms with Crippen LogP contribution in [0.3, 0.4) is 0 Å². The Morgan fingerprint density at radius 2 is 1.83 bits per heavy atom. The zero-order valence-corrected chi connectivity index (χ0v) is 16.0. The number of methoxy groups -OCH3 is 2. The molecular formula is C20H21N3O6. The van der Waals surface area contributed by atoms with Crippen LogP contribution < -0.4 is 20.2 Å². The third-order valence-corrected chi connectivity index (χ3v) is 3.55. The van der Waals surface area contributed by atoms with Gasteiger partial charge in [0.25, 0.3) is 0 Å². The molecule has 0 radical (unpaired) electrons. The molecule has 0 bridgehead atoms. The Balaban J connectivity index is 1.83. The molecule has 2 amide bonds. The molecule has 0 spiro atoms. The average Bonchev–Trinajstić information content (AvgIpc) is 2.72. The molecule has 29 heavy (non-hydrogen) atoms. The Labute approximate surface area is 167 Å². The van der Waals surface area contributed by atoms with Crippen LogP contribution in [0.2, 0.25) is 0 Å². The molecule has 0 saturated carbocycles. The molecule has 0 unspecified atom stereocenters. The highest BCUT2D eigenvalue weighted by atomic mass is 16.6. The van der Waals surface area contributed by atoms with Gasteiger partial charge in [0.15, 0.2) is 6.61 Å². The molecule has 9 nitrogen and oxygen atoms in total. The van der Waals surface area contributed by atoms with Gasteiger partial charge in [-0.25, -0.2) is 10.2 Å². The summed E-state index contributed by atoms with van der Waals surface area (Å²) in [6, 6.07) is 13.6. The first-order chi connectivity index (χ1) is 14.0. The quantitative estimate of drug-likeness (QED) is 0.287. The van der Waals surface area contributed by atoms with Crippen LogP contribution in [0.5, 0.6) is 11.5 Å². The molecule has 0 aliphatic heterocycles. The van der Waals surface area contributed by atoms with Gasteiger partial charge in [-0.3, -0.25) is 9.59 Å². The predicted molar refractivity (Wildman–Crippen MR) is 106 cm³/mol. The van der Waals surface area contributed by atoms with Crippen molar-refractivity contribution in [2.24, 2.45) is 5.10 Å². The number of anilines is 1. The number of nitrogens with one attached hydrogen (secondary N) is 2. The lowest BCUT2D eigenvalue weighted by molar-refractivity contribution is -0.143. The van der Waals surface area contributed by atoms with E-state index in [-0.39, 0.29) is 6.61 Å². The maximum atomic E-state index is 12.0. The van der Waals surface area contributed by atoms with Gasteiger partial charge in [-0.05, 0) is 29.8 Å². The van der Waals surface area contributed by atoms with Gasteiger partial charge in [-0.1, -0.05) is 24.3 Å². The number of esters is 1. The first-order valence-corrected chi connectivity index (χ1v) is 8.56. The monoisotopic (exact) mass is 399 g/mol. The van der Waals surface area contributed by atoms with E-state index in [4.69, 9.17) is 9.47 Å². The Hall–Kier alpha value is -3.88. The van der Waals surface area contributed by atoms with Crippen molar-refractivity contribution in [2.45, 2.75) is 6.42 Å². The van der Waals surface area contributed by atoms with Gasteiger partial charge < -0.3 is 19.5 Å². The van der Waals surface area contributed by atoms with E-state index in [0.29, 0.717) is 22.7 Å². The second kappa shape index (κ2) is 11.1. The van der Waals surface area contributed by atoms with Gasteiger partial charge in [-0.2, -0.15) is 5.10 Å². The summed E-state index contributed by atoms with van der Waals surface area (Å²) in [5, 5.41) is 6.42. The maximum absolute atomic E-state index is 12.0. The Bertz CT molecular complexity index is 897. The van der Waals surface area contributed by atoms with E-state index >= 15 is 0 Å². The molecule has 152 valence electrons. The molecule has 0 atom stereocenters. The zero-order chi connectivity index (χ0) is 21.1. The van der Waals surface area contributed by atoms with Crippen LogP contribution in [-0.4, -0.2) is 44.8 Å². The second-order valence-electron chi connectivity index (χ2n) is 5.66. The summed E-state index contributed by atoms with van der Waals surface area (Å²) >= 11 is 0. The number of hydrogen-bond acceptors (Lipinski definition) is 7. The molecular weight excluding hydrogens is 378 g/mol. The van der Waals surface area contributed by atoms with Gasteiger partial charge in [0.05, 0.1) is 26.1 Å². The normalized spacial score (nSPS) is 10.3. The summed E-state index contributed by atoms with van der Waals surface area (Å²) in [4.78, 5) is 35.0. The lowest BCUT2D eigenvalue weighted by Crippen LogP contribution is -2.24. The van der Waals surface area contributed by atoms with Crippen LogP contribution in [-0.2, 0) is 19.1 Å². The molecule has 0 saturated heterocycles. The highest BCUT2D eigenvalue weighted by molar-refractivity contribution is 6.04. The minimum Gasteiger partial charge on any atom is -0.495 e. The highest BCUT2D eigenvalue weighted by Crippen LogP contribution is 2.22. The topological polar surface area (TPSA) is 115 Å². The molecule has 0 aliphatic carbocycles. The summed E-state index contributed by atoms with van der Waals surface area (Å²) in [5.41, 5.74) is 3.38. The van der Waals surface area contributed by atoms with Crippen molar-refractivity contribution in [1.29, 1.82) is 0 Å². The SMILES string of the molecule is COC(=O)COc1cccc(C=NNC(=O)CC(=O)Nc2ccccc2OC)c1. The molecule has 0 heterocycles. The van der Waals surface area contributed by atoms with E-state index in [1.807, 2.05) is 0 Å². The highest BCUT2D eigenvalue weighted by Gasteiger charge is 2.11. The van der Waals surface area contributed by atoms with Gasteiger partial charge in [0.1, 0.15) is 17.9 Å². The van der Waals surface area contributed by atoms with Crippen LogP contribution in [0.4, 0.5) is 5.69 Å². The predicted octanol–water partition coefficient (Wildman–Crippen LogP) is 1.73. The summed E-state index contributed by atoms with van der Waals surface area (Å²) in [5.74, 6) is -0.634. The molecule has 2 aromatic carbocycles. The number of carbonyl (C=O) groups excluding carboxylic acids is 3. The van der Waals surface area contributed by atoms with Gasteiger partial charge >= 0.3 is 5.97 Å². The number of benzene rings is 2. The molecule has 9 heteroatoms. The lowest BCUT2D eigenvalue weighted by atomic mass is 10.2. The van der Waals surface area contributed by atoms with Crippen molar-refractivity contribution in [3.8, 4) is 11.5 Å². The smallest absolute Gasteiger partial charge is 0.343 e. The van der Waals surface area contributed by atoms with Crippen molar-refractivity contribution in [3.05, 3.63) is 54.1 Å². The fourth-order valence-electron chi connectivity index (χ4n) is 2.19. The van der Waals surface area contributed by atoms with Gasteiger partial charge in [-0.15, -0.1) is 0 Å². The Morgan fingerprint density at radius 3 is 2.59 bits per heavy atom. The van der Waals surface area contributed by atoms with Crippen molar-refractivity contribution < 1.29 is 28.6 Å². The van der Waals surface area contributed by atoms with E-state index in [0.717, 1.165) is 0 Å². The summed E-state index contributed by atoms with van der Waals surface area (Å²) in [7, 11) is 2.76. The summed E-state index contributed by atoms with van der Waals surface area (Å²) in [6.45, 7) is -0.213. The largest absolute Gasteiger partial charge is 0.495 e. The molecule has 2 aromatic rings. The van der Waals surface area contributed by atoms with Crippen LogP contribution in [0.15, 0.2) is 53.6 Å². The van der Waals surface area contributed by atoms with Crippen LogP contribution in [0.1, 0.15) is 12.0 Å². The first-order valence-electron chi connectivity index (χ1n) is 8.56. The maximum Gasteiger partial charge on any atom is 0.343 e. The van der Waals surface area contributed by atoms with E-state index in [9.17, 15) is 14.4 Å². The summed E-state index contributed by atoms with van der Waals surface area (Å²) < 4.78 is 14.9. The fourth-order valence-corrected chi connectivity index (χ4v) is 2.19. The number of amides is 2. The fraction of sp³-hybridized carbons (Fsp3) is 0.200. The average molecular weight is 399 g/mol. The number of ether oxygens (including phenoxy) is 3. The van der Waals surface area contributed by atoms with Crippen LogP contribution in [0, 0.1) is 0 Å². The van der Waals surface area contributed by atoms with E-state index in [1.54, 1.807) is 48.5 Å². The third kappa shape index (κ3) is 7.33.